The molecule has 2 atom stereocenters. The van der Waals surface area contributed by atoms with E-state index in [9.17, 15) is 13.6 Å². The largest absolute Gasteiger partial charge is 0.348 e. The van der Waals surface area contributed by atoms with Gasteiger partial charge in [0.2, 0.25) is 5.91 Å². The second kappa shape index (κ2) is 7.34. The molecule has 24 heavy (non-hydrogen) atoms. The molecule has 1 aliphatic carbocycles. The normalized spacial score (nSPS) is 17.9. The third-order valence-electron chi connectivity index (χ3n) is 4.26. The number of halogens is 2. The number of amides is 1. The Balaban J connectivity index is 1.65. The van der Waals surface area contributed by atoms with Crippen molar-refractivity contribution in [2.45, 2.75) is 42.4 Å². The van der Waals surface area contributed by atoms with Crippen LogP contribution in [0.1, 0.15) is 36.9 Å². The second-order valence-corrected chi connectivity index (χ2v) is 7.40. The highest BCUT2D eigenvalue weighted by molar-refractivity contribution is 8.00. The first kappa shape index (κ1) is 17.0. The van der Waals surface area contributed by atoms with E-state index >= 15 is 0 Å². The number of benzene rings is 2. The number of carbonyl (C=O) groups excluding carboxylic acids is 1. The SMILES string of the molecule is C[C@@H](Sc1ccc(F)c(F)c1)C(=O)N[C@@H]1CCCc2ccccc21. The number of hydrogen-bond donors (Lipinski definition) is 1. The van der Waals surface area contributed by atoms with E-state index in [1.807, 2.05) is 12.1 Å². The van der Waals surface area contributed by atoms with Crippen LogP contribution in [0.4, 0.5) is 8.78 Å². The van der Waals surface area contributed by atoms with Crippen molar-refractivity contribution in [2.75, 3.05) is 0 Å². The minimum atomic E-state index is -0.895. The predicted octanol–water partition coefficient (Wildman–Crippen LogP) is 4.64. The molecule has 0 aromatic heterocycles. The molecular formula is C19H19F2NOS. The quantitative estimate of drug-likeness (QED) is 0.817. The van der Waals surface area contributed by atoms with Crippen molar-refractivity contribution in [3.05, 3.63) is 65.2 Å². The number of aryl methyl sites for hydroxylation is 1. The zero-order valence-corrected chi connectivity index (χ0v) is 14.2. The van der Waals surface area contributed by atoms with Crippen LogP contribution in [0.5, 0.6) is 0 Å². The summed E-state index contributed by atoms with van der Waals surface area (Å²) in [5.41, 5.74) is 2.47. The smallest absolute Gasteiger partial charge is 0.233 e. The lowest BCUT2D eigenvalue weighted by molar-refractivity contribution is -0.121. The van der Waals surface area contributed by atoms with Crippen LogP contribution in [0.2, 0.25) is 0 Å². The van der Waals surface area contributed by atoms with E-state index in [2.05, 4.69) is 17.4 Å². The molecule has 126 valence electrons. The summed E-state index contributed by atoms with van der Waals surface area (Å²) in [5, 5.41) is 2.71. The standard InChI is InChI=1S/C19H19F2NOS/c1-12(24-14-9-10-16(20)17(21)11-14)19(23)22-18-8-4-6-13-5-2-3-7-15(13)18/h2-3,5,7,9-12,18H,4,6,8H2,1H3,(H,22,23)/t12-,18-/m1/s1. The lowest BCUT2D eigenvalue weighted by Crippen LogP contribution is -2.35. The maximum Gasteiger partial charge on any atom is 0.233 e. The Bertz CT molecular complexity index is 750. The molecule has 0 saturated heterocycles. The number of nitrogens with one attached hydrogen (secondary N) is 1. The Kier molecular flexibility index (Phi) is 5.19. The van der Waals surface area contributed by atoms with Crippen molar-refractivity contribution in [3.8, 4) is 0 Å². The molecule has 2 nitrogen and oxygen atoms in total. The minimum absolute atomic E-state index is 0.0236. The zero-order valence-electron chi connectivity index (χ0n) is 13.4. The summed E-state index contributed by atoms with van der Waals surface area (Å²) in [6, 6.07) is 11.9. The van der Waals surface area contributed by atoms with Gasteiger partial charge in [0, 0.05) is 4.90 Å². The molecule has 1 amide bonds. The lowest BCUT2D eigenvalue weighted by atomic mass is 9.88. The first-order valence-corrected chi connectivity index (χ1v) is 8.92. The fourth-order valence-electron chi connectivity index (χ4n) is 3.00. The van der Waals surface area contributed by atoms with Crippen molar-refractivity contribution in [1.29, 1.82) is 0 Å². The maximum absolute atomic E-state index is 13.3. The third kappa shape index (κ3) is 3.78. The molecule has 0 saturated carbocycles. The molecule has 3 rings (SSSR count). The number of carbonyl (C=O) groups is 1. The van der Waals surface area contributed by atoms with Gasteiger partial charge in [-0.15, -0.1) is 11.8 Å². The highest BCUT2D eigenvalue weighted by atomic mass is 32.2. The molecule has 2 aromatic rings. The van der Waals surface area contributed by atoms with E-state index < -0.39 is 11.6 Å². The predicted molar refractivity (Wildman–Crippen MR) is 91.9 cm³/mol. The van der Waals surface area contributed by atoms with Crippen LogP contribution in [-0.2, 0) is 11.2 Å². The van der Waals surface area contributed by atoms with Crippen molar-refractivity contribution < 1.29 is 13.6 Å². The van der Waals surface area contributed by atoms with Gasteiger partial charge < -0.3 is 5.32 Å². The number of rotatable bonds is 4. The molecule has 2 aromatic carbocycles. The molecule has 0 bridgehead atoms. The average Bonchev–Trinajstić information content (AvgIpc) is 2.58. The molecule has 0 unspecified atom stereocenters. The van der Waals surface area contributed by atoms with Gasteiger partial charge in [-0.3, -0.25) is 4.79 Å². The molecule has 0 spiro atoms. The van der Waals surface area contributed by atoms with Crippen LogP contribution in [0.25, 0.3) is 0 Å². The van der Waals surface area contributed by atoms with E-state index in [1.54, 1.807) is 6.92 Å². The second-order valence-electron chi connectivity index (χ2n) is 5.99. The topological polar surface area (TPSA) is 29.1 Å². The van der Waals surface area contributed by atoms with Crippen LogP contribution in [0, 0.1) is 11.6 Å². The van der Waals surface area contributed by atoms with E-state index in [-0.39, 0.29) is 17.2 Å². The van der Waals surface area contributed by atoms with Crippen molar-refractivity contribution >= 4 is 17.7 Å². The van der Waals surface area contributed by atoms with Crippen LogP contribution < -0.4 is 5.32 Å². The summed E-state index contributed by atoms with van der Waals surface area (Å²) in [5.74, 6) is -1.87. The Morgan fingerprint density at radius 3 is 2.79 bits per heavy atom. The Hall–Kier alpha value is -1.88. The molecule has 0 aliphatic heterocycles. The fourth-order valence-corrected chi connectivity index (χ4v) is 3.90. The maximum atomic E-state index is 13.3. The minimum Gasteiger partial charge on any atom is -0.348 e. The van der Waals surface area contributed by atoms with E-state index in [1.165, 1.54) is 29.0 Å². The van der Waals surface area contributed by atoms with Crippen LogP contribution in [-0.4, -0.2) is 11.2 Å². The van der Waals surface area contributed by atoms with Crippen molar-refractivity contribution in [1.82, 2.24) is 5.32 Å². The number of fused-ring (bicyclic) bond motifs is 1. The van der Waals surface area contributed by atoms with Crippen LogP contribution >= 0.6 is 11.8 Å². The summed E-state index contributed by atoms with van der Waals surface area (Å²) in [7, 11) is 0. The monoisotopic (exact) mass is 347 g/mol. The van der Waals surface area contributed by atoms with E-state index in [4.69, 9.17) is 0 Å². The summed E-state index contributed by atoms with van der Waals surface area (Å²) < 4.78 is 26.3. The molecule has 1 N–H and O–H groups in total. The van der Waals surface area contributed by atoms with Crippen LogP contribution in [0.3, 0.4) is 0 Å². The van der Waals surface area contributed by atoms with Gasteiger partial charge in [-0.05, 0) is 55.5 Å². The molecule has 5 heteroatoms. The molecular weight excluding hydrogens is 328 g/mol. The van der Waals surface area contributed by atoms with Gasteiger partial charge >= 0.3 is 0 Å². The van der Waals surface area contributed by atoms with E-state index in [0.29, 0.717) is 4.90 Å². The Labute approximate surface area is 144 Å². The Morgan fingerprint density at radius 1 is 1.21 bits per heavy atom. The first-order chi connectivity index (χ1) is 11.5. The molecule has 0 radical (unpaired) electrons. The van der Waals surface area contributed by atoms with Crippen molar-refractivity contribution in [2.24, 2.45) is 0 Å². The highest BCUT2D eigenvalue weighted by Crippen LogP contribution is 2.31. The Morgan fingerprint density at radius 2 is 2.00 bits per heavy atom. The molecule has 0 heterocycles. The summed E-state index contributed by atoms with van der Waals surface area (Å²) >= 11 is 1.23. The number of hydrogen-bond acceptors (Lipinski definition) is 2. The van der Waals surface area contributed by atoms with Gasteiger partial charge in [-0.2, -0.15) is 0 Å². The highest BCUT2D eigenvalue weighted by Gasteiger charge is 2.24. The third-order valence-corrected chi connectivity index (χ3v) is 5.35. The van der Waals surface area contributed by atoms with Gasteiger partial charge in [0.05, 0.1) is 11.3 Å². The zero-order chi connectivity index (χ0) is 17.1. The first-order valence-electron chi connectivity index (χ1n) is 8.04. The lowest BCUT2D eigenvalue weighted by Gasteiger charge is -2.27. The van der Waals surface area contributed by atoms with Gasteiger partial charge in [0.15, 0.2) is 11.6 Å². The van der Waals surface area contributed by atoms with Gasteiger partial charge in [0.1, 0.15) is 0 Å². The summed E-state index contributed by atoms with van der Waals surface area (Å²) in [6.45, 7) is 1.77. The molecule has 1 aliphatic rings. The molecule has 0 fully saturated rings. The van der Waals surface area contributed by atoms with Gasteiger partial charge in [0.25, 0.3) is 0 Å². The van der Waals surface area contributed by atoms with E-state index in [0.717, 1.165) is 31.4 Å². The average molecular weight is 347 g/mol. The van der Waals surface area contributed by atoms with Crippen molar-refractivity contribution in [3.63, 3.8) is 0 Å². The number of thioether (sulfide) groups is 1. The summed E-state index contributed by atoms with van der Waals surface area (Å²) in [6.07, 6.45) is 3.01. The fraction of sp³-hybridized carbons (Fsp3) is 0.316. The summed E-state index contributed by atoms with van der Waals surface area (Å²) in [4.78, 5) is 13.0. The van der Waals surface area contributed by atoms with Gasteiger partial charge in [-0.1, -0.05) is 24.3 Å². The van der Waals surface area contributed by atoms with Gasteiger partial charge in [-0.25, -0.2) is 8.78 Å². The van der Waals surface area contributed by atoms with Crippen LogP contribution in [0.15, 0.2) is 47.4 Å².